The maximum atomic E-state index is 12.4. The first kappa shape index (κ1) is 18.1. The highest BCUT2D eigenvalue weighted by Crippen LogP contribution is 2.28. The van der Waals surface area contributed by atoms with Crippen molar-refractivity contribution in [2.24, 2.45) is 0 Å². The smallest absolute Gasteiger partial charge is 0.339 e. The number of hydrogen-bond donors (Lipinski definition) is 1. The van der Waals surface area contributed by atoms with Crippen LogP contribution in [0.25, 0.3) is 0 Å². The number of rotatable bonds is 4. The van der Waals surface area contributed by atoms with E-state index in [1.807, 2.05) is 0 Å². The monoisotopic (exact) mass is 437 g/mol. The molecule has 1 N–H and O–H groups in total. The van der Waals surface area contributed by atoms with Crippen LogP contribution in [0.4, 0.5) is 5.69 Å². The van der Waals surface area contributed by atoms with Crippen molar-refractivity contribution in [3.8, 4) is 0 Å². The predicted molar refractivity (Wildman–Crippen MR) is 92.8 cm³/mol. The molecule has 0 spiro atoms. The number of halogens is 3. The Morgan fingerprint density at radius 2 is 1.83 bits per heavy atom. The summed E-state index contributed by atoms with van der Waals surface area (Å²) >= 11 is 15.1. The van der Waals surface area contributed by atoms with Gasteiger partial charge in [0.25, 0.3) is 10.0 Å². The standard InChI is InChI=1S/C14H10BrCl2NO4S/c1-22-14(19)10-7-9(3-4-11(10)16)18-23(20,21)13-5-2-8(15)6-12(13)17/h2-7,18H,1H3. The average molecular weight is 439 g/mol. The Bertz CT molecular complexity index is 871. The van der Waals surface area contributed by atoms with E-state index in [4.69, 9.17) is 23.2 Å². The lowest BCUT2D eigenvalue weighted by Gasteiger charge is -2.11. The lowest BCUT2D eigenvalue weighted by atomic mass is 10.2. The molecule has 2 aromatic carbocycles. The number of hydrogen-bond acceptors (Lipinski definition) is 4. The fraction of sp³-hybridized carbons (Fsp3) is 0.0714. The van der Waals surface area contributed by atoms with E-state index in [0.717, 1.165) is 0 Å². The number of ether oxygens (including phenoxy) is 1. The van der Waals surface area contributed by atoms with Gasteiger partial charge in [-0.3, -0.25) is 4.72 Å². The van der Waals surface area contributed by atoms with E-state index in [9.17, 15) is 13.2 Å². The molecule has 0 radical (unpaired) electrons. The molecule has 2 rings (SSSR count). The minimum absolute atomic E-state index is 0.0521. The van der Waals surface area contributed by atoms with Crippen LogP contribution in [0, 0.1) is 0 Å². The van der Waals surface area contributed by atoms with Gasteiger partial charge in [0.2, 0.25) is 0 Å². The van der Waals surface area contributed by atoms with Crippen molar-refractivity contribution in [2.45, 2.75) is 4.90 Å². The van der Waals surface area contributed by atoms with E-state index in [0.29, 0.717) is 4.47 Å². The molecule has 0 fully saturated rings. The van der Waals surface area contributed by atoms with Gasteiger partial charge >= 0.3 is 5.97 Å². The summed E-state index contributed by atoms with van der Waals surface area (Å²) in [5.41, 5.74) is 0.213. The maximum Gasteiger partial charge on any atom is 0.339 e. The van der Waals surface area contributed by atoms with Crippen molar-refractivity contribution in [1.29, 1.82) is 0 Å². The number of esters is 1. The van der Waals surface area contributed by atoms with Gasteiger partial charge in [0.05, 0.1) is 22.7 Å². The molecule has 0 heterocycles. The number of carbonyl (C=O) groups is 1. The number of anilines is 1. The van der Waals surface area contributed by atoms with Gasteiger partial charge in [-0.05, 0) is 36.4 Å². The first-order chi connectivity index (χ1) is 10.7. The number of benzene rings is 2. The molecule has 5 nitrogen and oxygen atoms in total. The molecule has 23 heavy (non-hydrogen) atoms. The number of sulfonamides is 1. The van der Waals surface area contributed by atoms with Crippen LogP contribution in [0.5, 0.6) is 0 Å². The van der Waals surface area contributed by atoms with Gasteiger partial charge in [-0.1, -0.05) is 39.1 Å². The van der Waals surface area contributed by atoms with Crippen LogP contribution in [-0.2, 0) is 14.8 Å². The largest absolute Gasteiger partial charge is 0.465 e. The fourth-order valence-corrected chi connectivity index (χ4v) is 4.04. The first-order valence-electron chi connectivity index (χ1n) is 6.10. The van der Waals surface area contributed by atoms with Crippen LogP contribution in [0.3, 0.4) is 0 Å². The third kappa shape index (κ3) is 4.17. The summed E-state index contributed by atoms with van der Waals surface area (Å²) < 4.78 is 32.4. The molecule has 0 aromatic heterocycles. The Labute approximate surface area is 151 Å². The Morgan fingerprint density at radius 1 is 1.13 bits per heavy atom. The van der Waals surface area contributed by atoms with Crippen molar-refractivity contribution in [3.63, 3.8) is 0 Å². The minimum atomic E-state index is -3.92. The summed E-state index contributed by atoms with van der Waals surface area (Å²) in [7, 11) is -2.72. The third-order valence-corrected chi connectivity index (χ3v) is 5.49. The molecular formula is C14H10BrCl2NO4S. The van der Waals surface area contributed by atoms with Crippen LogP contribution < -0.4 is 4.72 Å². The topological polar surface area (TPSA) is 72.5 Å². The molecule has 0 aliphatic heterocycles. The van der Waals surface area contributed by atoms with Gasteiger partial charge in [-0.25, -0.2) is 13.2 Å². The van der Waals surface area contributed by atoms with E-state index < -0.39 is 16.0 Å². The molecule has 0 amide bonds. The Morgan fingerprint density at radius 3 is 2.43 bits per heavy atom. The molecule has 0 aliphatic carbocycles. The lowest BCUT2D eigenvalue weighted by Crippen LogP contribution is -2.14. The first-order valence-corrected chi connectivity index (χ1v) is 9.13. The quantitative estimate of drug-likeness (QED) is 0.720. The highest BCUT2D eigenvalue weighted by atomic mass is 79.9. The van der Waals surface area contributed by atoms with Crippen LogP contribution in [0.2, 0.25) is 10.0 Å². The zero-order valence-electron chi connectivity index (χ0n) is 11.6. The number of carbonyl (C=O) groups excluding carboxylic acids is 1. The summed E-state index contributed by atoms with van der Waals surface area (Å²) in [6, 6.07) is 8.51. The second kappa shape index (κ2) is 7.09. The Hall–Kier alpha value is -1.28. The van der Waals surface area contributed by atoms with Crippen molar-refractivity contribution in [1.82, 2.24) is 0 Å². The van der Waals surface area contributed by atoms with Gasteiger partial charge in [0.1, 0.15) is 4.90 Å². The molecule has 0 atom stereocenters. The second-order valence-corrected chi connectivity index (χ2v) is 7.75. The highest BCUT2D eigenvalue weighted by molar-refractivity contribution is 9.10. The maximum absolute atomic E-state index is 12.4. The van der Waals surface area contributed by atoms with E-state index in [2.05, 4.69) is 25.4 Å². The number of nitrogens with one attached hydrogen (secondary N) is 1. The highest BCUT2D eigenvalue weighted by Gasteiger charge is 2.19. The van der Waals surface area contributed by atoms with Gasteiger partial charge in [-0.15, -0.1) is 0 Å². The van der Waals surface area contributed by atoms with E-state index >= 15 is 0 Å². The van der Waals surface area contributed by atoms with Gasteiger partial charge in [-0.2, -0.15) is 0 Å². The van der Waals surface area contributed by atoms with Gasteiger partial charge in [0.15, 0.2) is 0 Å². The Balaban J connectivity index is 2.39. The molecular weight excluding hydrogens is 429 g/mol. The van der Waals surface area contributed by atoms with Crippen LogP contribution in [-0.4, -0.2) is 21.5 Å². The van der Waals surface area contributed by atoms with Gasteiger partial charge in [0, 0.05) is 10.2 Å². The molecule has 0 unspecified atom stereocenters. The zero-order chi connectivity index (χ0) is 17.2. The molecule has 2 aromatic rings. The lowest BCUT2D eigenvalue weighted by molar-refractivity contribution is 0.0601. The summed E-state index contributed by atoms with van der Waals surface area (Å²) in [5.74, 6) is -0.669. The molecule has 0 saturated heterocycles. The summed E-state index contributed by atoms with van der Waals surface area (Å²) in [6.07, 6.45) is 0. The molecule has 0 saturated carbocycles. The third-order valence-electron chi connectivity index (χ3n) is 2.81. The SMILES string of the molecule is COC(=O)c1cc(NS(=O)(=O)c2ccc(Br)cc2Cl)ccc1Cl. The van der Waals surface area contributed by atoms with Crippen LogP contribution in [0.1, 0.15) is 10.4 Å². The molecule has 122 valence electrons. The van der Waals surface area contributed by atoms with E-state index in [-0.39, 0.29) is 26.2 Å². The fourth-order valence-electron chi connectivity index (χ4n) is 1.76. The summed E-state index contributed by atoms with van der Waals surface area (Å²) in [5, 5.41) is 0.218. The van der Waals surface area contributed by atoms with Crippen LogP contribution in [0.15, 0.2) is 45.8 Å². The zero-order valence-corrected chi connectivity index (χ0v) is 15.6. The van der Waals surface area contributed by atoms with Crippen LogP contribution >= 0.6 is 39.1 Å². The molecule has 9 heteroatoms. The van der Waals surface area contributed by atoms with Crippen molar-refractivity contribution in [3.05, 3.63) is 56.5 Å². The van der Waals surface area contributed by atoms with E-state index in [1.165, 1.54) is 37.4 Å². The molecule has 0 bridgehead atoms. The van der Waals surface area contributed by atoms with Gasteiger partial charge < -0.3 is 4.74 Å². The second-order valence-electron chi connectivity index (χ2n) is 4.37. The summed E-state index contributed by atoms with van der Waals surface area (Å²) in [6.45, 7) is 0. The van der Waals surface area contributed by atoms with Crippen molar-refractivity contribution < 1.29 is 17.9 Å². The normalized spacial score (nSPS) is 11.1. The summed E-state index contributed by atoms with van der Waals surface area (Å²) in [4.78, 5) is 11.5. The Kier molecular flexibility index (Phi) is 5.57. The number of methoxy groups -OCH3 is 1. The van der Waals surface area contributed by atoms with Crippen molar-refractivity contribution >= 4 is 60.8 Å². The van der Waals surface area contributed by atoms with E-state index in [1.54, 1.807) is 6.07 Å². The molecule has 0 aliphatic rings. The van der Waals surface area contributed by atoms with Crippen molar-refractivity contribution in [2.75, 3.05) is 11.8 Å². The minimum Gasteiger partial charge on any atom is -0.465 e. The average Bonchev–Trinajstić information content (AvgIpc) is 2.47. The predicted octanol–water partition coefficient (Wildman–Crippen LogP) is 4.34.